The predicted molar refractivity (Wildman–Crippen MR) is 124 cm³/mol. The van der Waals surface area contributed by atoms with Crippen LogP contribution in [0.15, 0.2) is 40.9 Å². The number of carbonyl (C=O) groups is 2. The van der Waals surface area contributed by atoms with Crippen molar-refractivity contribution >= 4 is 56.4 Å². The molecule has 0 aliphatic carbocycles. The molecule has 0 fully saturated rings. The lowest BCUT2D eigenvalue weighted by atomic mass is 10.2. The van der Waals surface area contributed by atoms with E-state index in [0.717, 1.165) is 5.56 Å². The lowest BCUT2D eigenvalue weighted by molar-refractivity contribution is -0.114. The number of halogens is 1. The number of hydrogen-bond acceptors (Lipinski definition) is 4. The minimum absolute atomic E-state index is 0.156. The van der Waals surface area contributed by atoms with Gasteiger partial charge in [0.05, 0.1) is 11.1 Å². The van der Waals surface area contributed by atoms with Crippen molar-refractivity contribution in [2.75, 3.05) is 17.2 Å². The Labute approximate surface area is 184 Å². The molecule has 2 amide bonds. The Morgan fingerprint density at radius 1 is 1.14 bits per heavy atom. The third-order valence-electron chi connectivity index (χ3n) is 3.80. The van der Waals surface area contributed by atoms with Crippen molar-refractivity contribution in [1.29, 1.82) is 0 Å². The smallest absolute Gasteiger partial charge is 0.257 e. The number of rotatable bonds is 6. The van der Waals surface area contributed by atoms with Gasteiger partial charge in [0.1, 0.15) is 5.75 Å². The summed E-state index contributed by atoms with van der Waals surface area (Å²) in [7, 11) is 0. The molecule has 3 N–H and O–H groups in total. The van der Waals surface area contributed by atoms with Gasteiger partial charge in [0.15, 0.2) is 5.11 Å². The molecule has 0 spiro atoms. The molecule has 0 unspecified atom stereocenters. The molecule has 8 heteroatoms. The van der Waals surface area contributed by atoms with E-state index in [-0.39, 0.29) is 16.9 Å². The summed E-state index contributed by atoms with van der Waals surface area (Å²) >= 11 is 8.67. The first-order chi connectivity index (χ1) is 13.7. The molecule has 0 aliphatic heterocycles. The van der Waals surface area contributed by atoms with Crippen LogP contribution in [0.3, 0.4) is 0 Å². The van der Waals surface area contributed by atoms with Crippen molar-refractivity contribution in [3.05, 3.63) is 52.0 Å². The van der Waals surface area contributed by atoms with Crippen LogP contribution in [0.2, 0.25) is 0 Å². The topological polar surface area (TPSA) is 79.5 Å². The molecular weight excluding hydrogens is 454 g/mol. The summed E-state index contributed by atoms with van der Waals surface area (Å²) in [6.07, 6.45) is 0. The average Bonchev–Trinajstić information content (AvgIpc) is 2.62. The molecule has 0 heterocycles. The zero-order valence-electron chi connectivity index (χ0n) is 16.8. The van der Waals surface area contributed by atoms with E-state index in [9.17, 15) is 9.59 Å². The van der Waals surface area contributed by atoms with Gasteiger partial charge in [-0.1, -0.05) is 19.9 Å². The molecule has 0 radical (unpaired) electrons. The summed E-state index contributed by atoms with van der Waals surface area (Å²) in [6.45, 7) is 8.06. The first kappa shape index (κ1) is 22.8. The second-order valence-electron chi connectivity index (χ2n) is 6.97. The van der Waals surface area contributed by atoms with Crippen molar-refractivity contribution in [3.8, 4) is 5.75 Å². The summed E-state index contributed by atoms with van der Waals surface area (Å²) in [5.74, 6) is 0.586. The summed E-state index contributed by atoms with van der Waals surface area (Å²) in [5, 5.41) is 8.51. The van der Waals surface area contributed by atoms with Gasteiger partial charge < -0.3 is 15.4 Å². The fourth-order valence-electron chi connectivity index (χ4n) is 2.38. The van der Waals surface area contributed by atoms with Crippen LogP contribution in [0.4, 0.5) is 11.4 Å². The minimum atomic E-state index is -0.340. The second kappa shape index (κ2) is 10.4. The van der Waals surface area contributed by atoms with Crippen LogP contribution in [0, 0.1) is 12.8 Å². The molecule has 2 rings (SSSR count). The Hall–Kier alpha value is -2.45. The number of nitrogens with one attached hydrogen (secondary N) is 3. The van der Waals surface area contributed by atoms with Crippen LogP contribution in [0.5, 0.6) is 5.75 Å². The summed E-state index contributed by atoms with van der Waals surface area (Å²) in [4.78, 5) is 23.8. The number of aryl methyl sites for hydroxylation is 1. The quantitative estimate of drug-likeness (QED) is 0.516. The highest BCUT2D eigenvalue weighted by atomic mass is 79.9. The molecule has 0 atom stereocenters. The van der Waals surface area contributed by atoms with Gasteiger partial charge in [0.2, 0.25) is 5.91 Å². The number of carbonyl (C=O) groups excluding carboxylic acids is 2. The number of benzene rings is 2. The van der Waals surface area contributed by atoms with Crippen LogP contribution < -0.4 is 20.7 Å². The summed E-state index contributed by atoms with van der Waals surface area (Å²) in [5.41, 5.74) is 2.70. The zero-order chi connectivity index (χ0) is 21.6. The fourth-order valence-corrected chi connectivity index (χ4v) is 3.08. The third-order valence-corrected chi connectivity index (χ3v) is 4.62. The molecule has 2 aromatic rings. The highest BCUT2D eigenvalue weighted by Crippen LogP contribution is 2.26. The molecule has 0 saturated heterocycles. The van der Waals surface area contributed by atoms with E-state index >= 15 is 0 Å². The fraction of sp³-hybridized carbons (Fsp3) is 0.286. The first-order valence-corrected chi connectivity index (χ1v) is 10.3. The Kier molecular flexibility index (Phi) is 8.16. The van der Waals surface area contributed by atoms with E-state index < -0.39 is 0 Å². The molecule has 154 valence electrons. The number of amides is 2. The van der Waals surface area contributed by atoms with E-state index in [4.69, 9.17) is 17.0 Å². The van der Waals surface area contributed by atoms with Crippen LogP contribution in [-0.2, 0) is 4.79 Å². The van der Waals surface area contributed by atoms with Crippen LogP contribution in [0.1, 0.15) is 36.7 Å². The Morgan fingerprint density at radius 2 is 1.86 bits per heavy atom. The highest BCUT2D eigenvalue weighted by molar-refractivity contribution is 9.10. The van der Waals surface area contributed by atoms with Crippen LogP contribution in [-0.4, -0.2) is 23.5 Å². The van der Waals surface area contributed by atoms with Crippen molar-refractivity contribution in [1.82, 2.24) is 5.32 Å². The predicted octanol–water partition coefficient (Wildman–Crippen LogP) is 4.88. The molecule has 0 saturated carbocycles. The SMILES string of the molecule is CC(=O)Nc1cc(NC(=S)NC(=O)c2ccc(OCC(C)C)c(Br)c2)ccc1C. The Balaban J connectivity index is 2.01. The van der Waals surface area contributed by atoms with Crippen molar-refractivity contribution < 1.29 is 14.3 Å². The van der Waals surface area contributed by atoms with Gasteiger partial charge in [-0.2, -0.15) is 0 Å². The van der Waals surface area contributed by atoms with Gasteiger partial charge in [-0.25, -0.2) is 0 Å². The van der Waals surface area contributed by atoms with Gasteiger partial charge in [-0.15, -0.1) is 0 Å². The zero-order valence-corrected chi connectivity index (χ0v) is 19.2. The average molecular weight is 478 g/mol. The third kappa shape index (κ3) is 7.14. The molecule has 29 heavy (non-hydrogen) atoms. The van der Waals surface area contributed by atoms with Gasteiger partial charge in [-0.05, 0) is 76.9 Å². The van der Waals surface area contributed by atoms with Gasteiger partial charge in [0, 0.05) is 23.9 Å². The lowest BCUT2D eigenvalue weighted by Gasteiger charge is -2.14. The lowest BCUT2D eigenvalue weighted by Crippen LogP contribution is -2.34. The van der Waals surface area contributed by atoms with Crippen molar-refractivity contribution in [3.63, 3.8) is 0 Å². The largest absolute Gasteiger partial charge is 0.492 e. The maximum absolute atomic E-state index is 12.5. The van der Waals surface area contributed by atoms with Crippen LogP contribution >= 0.6 is 28.1 Å². The van der Waals surface area contributed by atoms with Crippen LogP contribution in [0.25, 0.3) is 0 Å². The van der Waals surface area contributed by atoms with E-state index in [2.05, 4.69) is 45.7 Å². The monoisotopic (exact) mass is 477 g/mol. The molecule has 2 aromatic carbocycles. The second-order valence-corrected chi connectivity index (χ2v) is 8.23. The number of ether oxygens (including phenoxy) is 1. The number of anilines is 2. The Bertz CT molecular complexity index is 931. The normalized spacial score (nSPS) is 10.4. The van der Waals surface area contributed by atoms with E-state index in [0.29, 0.717) is 39.7 Å². The van der Waals surface area contributed by atoms with E-state index in [1.54, 1.807) is 24.3 Å². The van der Waals surface area contributed by atoms with Crippen molar-refractivity contribution in [2.24, 2.45) is 5.92 Å². The van der Waals surface area contributed by atoms with Gasteiger partial charge in [0.25, 0.3) is 5.91 Å². The minimum Gasteiger partial charge on any atom is -0.492 e. The molecular formula is C21H24BrN3O3S. The molecule has 6 nitrogen and oxygen atoms in total. The molecule has 0 aromatic heterocycles. The van der Waals surface area contributed by atoms with E-state index in [1.165, 1.54) is 6.92 Å². The number of hydrogen-bond donors (Lipinski definition) is 3. The first-order valence-electron chi connectivity index (χ1n) is 9.08. The van der Waals surface area contributed by atoms with E-state index in [1.807, 2.05) is 19.1 Å². The summed E-state index contributed by atoms with van der Waals surface area (Å²) < 4.78 is 6.39. The standard InChI is InChI=1S/C21H24BrN3O3S/c1-12(2)11-28-19-8-6-15(9-17(19)22)20(27)25-21(29)24-16-7-5-13(3)18(10-16)23-14(4)26/h5-10,12H,11H2,1-4H3,(H,23,26)(H2,24,25,27,29). The Morgan fingerprint density at radius 3 is 2.48 bits per heavy atom. The number of thiocarbonyl (C=S) groups is 1. The van der Waals surface area contributed by atoms with Gasteiger partial charge >= 0.3 is 0 Å². The molecule has 0 bridgehead atoms. The van der Waals surface area contributed by atoms with Gasteiger partial charge in [-0.3, -0.25) is 14.9 Å². The maximum atomic E-state index is 12.5. The molecule has 0 aliphatic rings. The highest BCUT2D eigenvalue weighted by Gasteiger charge is 2.12. The van der Waals surface area contributed by atoms with Crippen molar-refractivity contribution in [2.45, 2.75) is 27.7 Å². The summed E-state index contributed by atoms with van der Waals surface area (Å²) in [6, 6.07) is 10.5. The maximum Gasteiger partial charge on any atom is 0.257 e.